The highest BCUT2D eigenvalue weighted by atomic mass is 35.5. The number of carbonyl (C=O) groups is 1. The summed E-state index contributed by atoms with van der Waals surface area (Å²) in [5, 5.41) is 13.3. The molecule has 5 rings (SSSR count). The molecule has 3 fully saturated rings. The van der Waals surface area contributed by atoms with E-state index in [0.29, 0.717) is 42.0 Å². The maximum atomic E-state index is 10.9. The lowest BCUT2D eigenvalue weighted by Crippen LogP contribution is -2.34. The lowest BCUT2D eigenvalue weighted by molar-refractivity contribution is -0.119. The van der Waals surface area contributed by atoms with Crippen LogP contribution in [0.25, 0.3) is 11.2 Å². The van der Waals surface area contributed by atoms with Gasteiger partial charge >= 0.3 is 0 Å². The molecule has 0 spiro atoms. The Morgan fingerprint density at radius 3 is 2.82 bits per heavy atom. The fraction of sp³-hybridized carbons (Fsp3) is 0.682. The number of halogens is 1. The molecule has 2 aromatic heterocycles. The van der Waals surface area contributed by atoms with Gasteiger partial charge in [-0.1, -0.05) is 11.6 Å². The van der Waals surface area contributed by atoms with Gasteiger partial charge in [-0.25, -0.2) is 4.98 Å². The average Bonchev–Trinajstić information content (AvgIpc) is 3.48. The first-order valence-corrected chi connectivity index (χ1v) is 11.9. The highest BCUT2D eigenvalue weighted by Gasteiger charge is 2.48. The minimum Gasteiger partial charge on any atom is -0.456 e. The monoisotopic (exact) mass is 480 g/mol. The second-order valence-electron chi connectivity index (χ2n) is 8.92. The number of carbonyl (C=O) groups excluding carboxylic acids is 1. The molecule has 2 aliphatic heterocycles. The van der Waals surface area contributed by atoms with E-state index in [4.69, 9.17) is 35.5 Å². The van der Waals surface area contributed by atoms with Crippen molar-refractivity contribution in [3.63, 3.8) is 0 Å². The minimum absolute atomic E-state index is 0.0446. The Bertz CT molecular complexity index is 995. The van der Waals surface area contributed by atoms with E-state index < -0.39 is 6.10 Å². The maximum absolute atomic E-state index is 10.9. The molecule has 10 nitrogen and oxygen atoms in total. The van der Waals surface area contributed by atoms with Gasteiger partial charge in [0.25, 0.3) is 6.01 Å². The Morgan fingerprint density at radius 1 is 1.24 bits per heavy atom. The fourth-order valence-corrected chi connectivity index (χ4v) is 5.20. The van der Waals surface area contributed by atoms with Crippen LogP contribution in [0.3, 0.4) is 0 Å². The molecule has 33 heavy (non-hydrogen) atoms. The Hall–Kier alpha value is -1.98. The quantitative estimate of drug-likeness (QED) is 0.511. The van der Waals surface area contributed by atoms with Crippen LogP contribution < -0.4 is 10.1 Å². The summed E-state index contributed by atoms with van der Waals surface area (Å²) in [6.07, 6.45) is 2.26. The van der Waals surface area contributed by atoms with E-state index in [9.17, 15) is 9.90 Å². The van der Waals surface area contributed by atoms with Crippen molar-refractivity contribution in [1.82, 2.24) is 20.3 Å². The number of aromatic nitrogens is 3. The van der Waals surface area contributed by atoms with Crippen LogP contribution in [0, 0.1) is 0 Å². The van der Waals surface area contributed by atoms with Crippen LogP contribution in [0.2, 0.25) is 5.02 Å². The summed E-state index contributed by atoms with van der Waals surface area (Å²) in [7, 11) is 0. The van der Waals surface area contributed by atoms with Crippen molar-refractivity contribution in [3.8, 4) is 6.01 Å². The predicted molar refractivity (Wildman–Crippen MR) is 118 cm³/mol. The SMILES string of the molecule is CC(=O)NCCOC1CCC(c2nc3nc(O[C@@H]4CO[C@@H]5C(O)CO[C@@H]54)[nH]c3cc2Cl)CC1. The third-order valence-electron chi connectivity index (χ3n) is 6.57. The van der Waals surface area contributed by atoms with Gasteiger partial charge in [0.05, 0.1) is 42.2 Å². The van der Waals surface area contributed by atoms with Crippen LogP contribution in [0.5, 0.6) is 6.01 Å². The molecule has 3 aliphatic rings. The number of imidazole rings is 1. The molecule has 1 amide bonds. The maximum Gasteiger partial charge on any atom is 0.296 e. The summed E-state index contributed by atoms with van der Waals surface area (Å²) in [6.45, 7) is 3.13. The smallest absolute Gasteiger partial charge is 0.296 e. The van der Waals surface area contributed by atoms with Gasteiger partial charge in [0, 0.05) is 19.4 Å². The highest BCUT2D eigenvalue weighted by Crippen LogP contribution is 2.37. The lowest BCUT2D eigenvalue weighted by atomic mass is 9.85. The number of nitrogens with one attached hydrogen (secondary N) is 2. The third-order valence-corrected chi connectivity index (χ3v) is 6.87. The predicted octanol–water partition coefficient (Wildman–Crippen LogP) is 1.70. The van der Waals surface area contributed by atoms with Gasteiger partial charge in [0.1, 0.15) is 18.3 Å². The van der Waals surface area contributed by atoms with Crippen molar-refractivity contribution >= 4 is 28.7 Å². The Labute approximate surface area is 196 Å². The van der Waals surface area contributed by atoms with Crippen molar-refractivity contribution in [1.29, 1.82) is 0 Å². The van der Waals surface area contributed by atoms with Gasteiger partial charge in [-0.05, 0) is 31.7 Å². The number of amides is 1. The Kier molecular flexibility index (Phi) is 6.71. The highest BCUT2D eigenvalue weighted by molar-refractivity contribution is 6.31. The largest absolute Gasteiger partial charge is 0.456 e. The molecule has 4 atom stereocenters. The van der Waals surface area contributed by atoms with Crippen LogP contribution in [-0.4, -0.2) is 82.9 Å². The van der Waals surface area contributed by atoms with Crippen LogP contribution >= 0.6 is 11.6 Å². The van der Waals surface area contributed by atoms with Gasteiger partial charge in [0.2, 0.25) is 5.91 Å². The van der Waals surface area contributed by atoms with E-state index >= 15 is 0 Å². The normalized spacial score (nSPS) is 31.6. The molecular formula is C22H29ClN4O6. The van der Waals surface area contributed by atoms with E-state index in [1.807, 2.05) is 6.07 Å². The Morgan fingerprint density at radius 2 is 2.03 bits per heavy atom. The molecule has 11 heteroatoms. The molecule has 0 bridgehead atoms. The van der Waals surface area contributed by atoms with Crippen molar-refractivity contribution < 1.29 is 28.8 Å². The second-order valence-corrected chi connectivity index (χ2v) is 9.32. The van der Waals surface area contributed by atoms with Gasteiger partial charge in [-0.15, -0.1) is 0 Å². The number of fused-ring (bicyclic) bond motifs is 2. The number of hydrogen-bond acceptors (Lipinski definition) is 8. The molecule has 3 N–H and O–H groups in total. The lowest BCUT2D eigenvalue weighted by Gasteiger charge is -2.28. The van der Waals surface area contributed by atoms with Crippen molar-refractivity contribution in [2.45, 2.75) is 69.0 Å². The van der Waals surface area contributed by atoms with E-state index in [1.54, 1.807) is 0 Å². The van der Waals surface area contributed by atoms with Crippen molar-refractivity contribution in [3.05, 3.63) is 16.8 Å². The third kappa shape index (κ3) is 4.95. The molecule has 0 aromatic carbocycles. The summed E-state index contributed by atoms with van der Waals surface area (Å²) in [5.41, 5.74) is 2.11. The summed E-state index contributed by atoms with van der Waals surface area (Å²) in [6, 6.07) is 2.18. The van der Waals surface area contributed by atoms with E-state index in [2.05, 4.69) is 15.3 Å². The fourth-order valence-electron chi connectivity index (χ4n) is 4.90. The number of rotatable bonds is 7. The zero-order valence-electron chi connectivity index (χ0n) is 18.5. The average molecular weight is 481 g/mol. The van der Waals surface area contributed by atoms with Crippen LogP contribution in [0.1, 0.15) is 44.2 Å². The van der Waals surface area contributed by atoms with Gasteiger partial charge in [-0.2, -0.15) is 4.98 Å². The van der Waals surface area contributed by atoms with Gasteiger partial charge in [-0.3, -0.25) is 4.79 Å². The molecule has 4 heterocycles. The Balaban J connectivity index is 1.20. The van der Waals surface area contributed by atoms with E-state index in [0.717, 1.165) is 31.4 Å². The molecule has 1 saturated carbocycles. The zero-order chi connectivity index (χ0) is 22.9. The number of H-pyrrole nitrogens is 1. The zero-order valence-corrected chi connectivity index (χ0v) is 19.2. The number of hydrogen-bond donors (Lipinski definition) is 3. The number of aromatic amines is 1. The van der Waals surface area contributed by atoms with E-state index in [-0.39, 0.29) is 42.8 Å². The van der Waals surface area contributed by atoms with Gasteiger partial charge < -0.3 is 34.4 Å². The minimum atomic E-state index is -0.625. The number of aliphatic hydroxyl groups excluding tert-OH is 1. The summed E-state index contributed by atoms with van der Waals surface area (Å²) >= 11 is 6.58. The van der Waals surface area contributed by atoms with Crippen LogP contribution in [0.4, 0.5) is 0 Å². The first-order chi connectivity index (χ1) is 16.0. The summed E-state index contributed by atoms with van der Waals surface area (Å²) in [5.74, 6) is 0.201. The summed E-state index contributed by atoms with van der Waals surface area (Å²) in [4.78, 5) is 23.3. The molecule has 1 unspecified atom stereocenters. The number of ether oxygens (including phenoxy) is 4. The summed E-state index contributed by atoms with van der Waals surface area (Å²) < 4.78 is 23.1. The molecule has 180 valence electrons. The molecule has 0 radical (unpaired) electrons. The number of pyridine rings is 1. The van der Waals surface area contributed by atoms with Crippen LogP contribution in [0.15, 0.2) is 6.07 Å². The molecule has 2 aromatic rings. The van der Waals surface area contributed by atoms with Crippen LogP contribution in [-0.2, 0) is 19.0 Å². The first kappa shape index (κ1) is 22.8. The first-order valence-electron chi connectivity index (χ1n) is 11.5. The van der Waals surface area contributed by atoms with E-state index in [1.165, 1.54) is 6.92 Å². The molecule has 1 aliphatic carbocycles. The second kappa shape index (κ2) is 9.71. The topological polar surface area (TPSA) is 128 Å². The molecular weight excluding hydrogens is 452 g/mol. The van der Waals surface area contributed by atoms with Gasteiger partial charge in [0.15, 0.2) is 11.8 Å². The van der Waals surface area contributed by atoms with Crippen molar-refractivity contribution in [2.24, 2.45) is 0 Å². The number of nitrogens with zero attached hydrogens (tertiary/aromatic N) is 2. The molecule has 2 saturated heterocycles. The number of aliphatic hydroxyl groups is 1. The van der Waals surface area contributed by atoms with Crippen molar-refractivity contribution in [2.75, 3.05) is 26.4 Å². The standard InChI is InChI=1S/C22H29ClN4O6/c1-11(28)24-6-7-30-13-4-2-12(3-5-13)18-14(23)8-15-21(26-18)27-22(25-15)33-17-10-32-19-16(29)9-31-20(17)19/h8,12-13,16-17,19-20,29H,2-7,9-10H2,1H3,(H,24,28)(H,25,26,27)/t12?,13?,16?,17-,19-,20-/m1/s1.